The largest absolute Gasteiger partial charge is 0.348 e. The standard InChI is InChI=1S/C19H22N2O3S/c1-14-5-2-3-6-17(14)13-20-19(22)16-7-4-8-18(11-16)25(23,24)21-12-15-9-10-15/h2-8,11,15,21H,9-10,12-13H2,1H3,(H,20,22). The smallest absolute Gasteiger partial charge is 0.251 e. The molecule has 1 fully saturated rings. The molecule has 0 saturated heterocycles. The predicted molar refractivity (Wildman–Crippen MR) is 96.7 cm³/mol. The van der Waals surface area contributed by atoms with Crippen LogP contribution in [0, 0.1) is 12.8 Å². The van der Waals surface area contributed by atoms with Gasteiger partial charge in [0, 0.05) is 18.7 Å². The van der Waals surface area contributed by atoms with Crippen LogP contribution in [-0.4, -0.2) is 20.9 Å². The zero-order chi connectivity index (χ0) is 17.9. The summed E-state index contributed by atoms with van der Waals surface area (Å²) in [4.78, 5) is 12.5. The summed E-state index contributed by atoms with van der Waals surface area (Å²) < 4.78 is 27.3. The Balaban J connectivity index is 1.67. The van der Waals surface area contributed by atoms with E-state index in [9.17, 15) is 13.2 Å². The number of nitrogens with one attached hydrogen (secondary N) is 2. The average molecular weight is 358 g/mol. The van der Waals surface area contributed by atoms with Crippen molar-refractivity contribution in [1.29, 1.82) is 0 Å². The maximum Gasteiger partial charge on any atom is 0.251 e. The van der Waals surface area contributed by atoms with Crippen LogP contribution in [0.25, 0.3) is 0 Å². The Morgan fingerprint density at radius 3 is 2.60 bits per heavy atom. The van der Waals surface area contributed by atoms with Gasteiger partial charge in [0.25, 0.3) is 5.91 Å². The molecule has 2 aromatic rings. The minimum absolute atomic E-state index is 0.122. The zero-order valence-electron chi connectivity index (χ0n) is 14.2. The van der Waals surface area contributed by atoms with Gasteiger partial charge in [-0.25, -0.2) is 13.1 Å². The van der Waals surface area contributed by atoms with Gasteiger partial charge in [-0.05, 0) is 55.0 Å². The number of benzene rings is 2. The second-order valence-electron chi connectivity index (χ2n) is 6.43. The van der Waals surface area contributed by atoms with E-state index in [-0.39, 0.29) is 10.8 Å². The van der Waals surface area contributed by atoms with Crippen molar-refractivity contribution in [2.75, 3.05) is 6.54 Å². The number of carbonyl (C=O) groups excluding carboxylic acids is 1. The van der Waals surface area contributed by atoms with Crippen LogP contribution in [0.5, 0.6) is 0 Å². The van der Waals surface area contributed by atoms with Crippen molar-refractivity contribution in [2.45, 2.75) is 31.2 Å². The molecular weight excluding hydrogens is 336 g/mol. The number of carbonyl (C=O) groups is 1. The highest BCUT2D eigenvalue weighted by atomic mass is 32.2. The molecule has 3 rings (SSSR count). The number of hydrogen-bond donors (Lipinski definition) is 2. The first-order valence-corrected chi connectivity index (χ1v) is 9.86. The van der Waals surface area contributed by atoms with Gasteiger partial charge in [-0.2, -0.15) is 0 Å². The Morgan fingerprint density at radius 1 is 1.12 bits per heavy atom. The minimum Gasteiger partial charge on any atom is -0.348 e. The van der Waals surface area contributed by atoms with Crippen molar-refractivity contribution in [3.05, 3.63) is 65.2 Å². The van der Waals surface area contributed by atoms with Crippen LogP contribution in [-0.2, 0) is 16.6 Å². The maximum absolute atomic E-state index is 12.4. The number of aryl methyl sites for hydroxylation is 1. The first kappa shape index (κ1) is 17.6. The molecule has 0 atom stereocenters. The Hall–Kier alpha value is -2.18. The molecule has 2 N–H and O–H groups in total. The molecule has 1 saturated carbocycles. The van der Waals surface area contributed by atoms with Crippen molar-refractivity contribution in [1.82, 2.24) is 10.0 Å². The average Bonchev–Trinajstić information content (AvgIpc) is 3.44. The molecule has 1 aliphatic rings. The van der Waals surface area contributed by atoms with Gasteiger partial charge >= 0.3 is 0 Å². The van der Waals surface area contributed by atoms with E-state index in [1.54, 1.807) is 12.1 Å². The SMILES string of the molecule is Cc1ccccc1CNC(=O)c1cccc(S(=O)(=O)NCC2CC2)c1. The third kappa shape index (κ3) is 4.67. The third-order valence-corrected chi connectivity index (χ3v) is 5.79. The van der Waals surface area contributed by atoms with E-state index in [4.69, 9.17) is 0 Å². The Bertz CT molecular complexity index is 874. The van der Waals surface area contributed by atoms with Crippen LogP contribution in [0.1, 0.15) is 34.3 Å². The lowest BCUT2D eigenvalue weighted by Gasteiger charge is -2.10. The fourth-order valence-electron chi connectivity index (χ4n) is 2.52. The number of amides is 1. The first-order chi connectivity index (χ1) is 12.0. The van der Waals surface area contributed by atoms with E-state index in [2.05, 4.69) is 10.0 Å². The highest BCUT2D eigenvalue weighted by molar-refractivity contribution is 7.89. The summed E-state index contributed by atoms with van der Waals surface area (Å²) >= 11 is 0. The fourth-order valence-corrected chi connectivity index (χ4v) is 3.68. The summed E-state index contributed by atoms with van der Waals surface area (Å²) in [5.74, 6) is 0.165. The van der Waals surface area contributed by atoms with Gasteiger partial charge in [0.15, 0.2) is 0 Å². The van der Waals surface area contributed by atoms with Gasteiger partial charge in [0.05, 0.1) is 4.90 Å². The Labute approximate surface area is 148 Å². The lowest BCUT2D eigenvalue weighted by Crippen LogP contribution is -2.27. The van der Waals surface area contributed by atoms with Gasteiger partial charge in [-0.3, -0.25) is 4.79 Å². The third-order valence-electron chi connectivity index (χ3n) is 4.37. The highest BCUT2D eigenvalue weighted by Crippen LogP contribution is 2.28. The maximum atomic E-state index is 12.4. The van der Waals surface area contributed by atoms with Crippen LogP contribution < -0.4 is 10.0 Å². The fraction of sp³-hybridized carbons (Fsp3) is 0.316. The van der Waals surface area contributed by atoms with Crippen molar-refractivity contribution >= 4 is 15.9 Å². The summed E-state index contributed by atoms with van der Waals surface area (Å²) in [6.07, 6.45) is 2.15. The van der Waals surface area contributed by atoms with Crippen LogP contribution >= 0.6 is 0 Å². The molecule has 0 heterocycles. The van der Waals surface area contributed by atoms with E-state index in [0.29, 0.717) is 24.6 Å². The van der Waals surface area contributed by atoms with Crippen LogP contribution in [0.2, 0.25) is 0 Å². The monoisotopic (exact) mass is 358 g/mol. The van der Waals surface area contributed by atoms with Crippen molar-refractivity contribution in [3.8, 4) is 0 Å². The molecule has 25 heavy (non-hydrogen) atoms. The molecule has 1 aliphatic carbocycles. The Kier molecular flexibility index (Phi) is 5.20. The molecule has 0 spiro atoms. The molecule has 1 amide bonds. The molecule has 5 nitrogen and oxygen atoms in total. The topological polar surface area (TPSA) is 75.3 Å². The summed E-state index contributed by atoms with van der Waals surface area (Å²) in [7, 11) is -3.58. The minimum atomic E-state index is -3.58. The highest BCUT2D eigenvalue weighted by Gasteiger charge is 2.24. The van der Waals surface area contributed by atoms with Crippen molar-refractivity contribution in [2.24, 2.45) is 5.92 Å². The molecule has 0 unspecified atom stereocenters. The normalized spacial score (nSPS) is 14.3. The summed E-state index contributed by atoms with van der Waals surface area (Å²) in [6, 6.07) is 14.0. The quantitative estimate of drug-likeness (QED) is 0.799. The van der Waals surface area contributed by atoms with E-state index >= 15 is 0 Å². The lowest BCUT2D eigenvalue weighted by molar-refractivity contribution is 0.0950. The summed E-state index contributed by atoms with van der Waals surface area (Å²) in [6.45, 7) is 2.86. The molecular formula is C19H22N2O3S. The Morgan fingerprint density at radius 2 is 1.88 bits per heavy atom. The molecule has 0 aliphatic heterocycles. The molecule has 132 valence electrons. The van der Waals surface area contributed by atoms with Crippen LogP contribution in [0.4, 0.5) is 0 Å². The number of hydrogen-bond acceptors (Lipinski definition) is 3. The molecule has 0 radical (unpaired) electrons. The molecule has 0 aromatic heterocycles. The van der Waals surface area contributed by atoms with E-state index in [1.807, 2.05) is 31.2 Å². The first-order valence-electron chi connectivity index (χ1n) is 8.38. The second-order valence-corrected chi connectivity index (χ2v) is 8.20. The van der Waals surface area contributed by atoms with E-state index < -0.39 is 10.0 Å². The number of rotatable bonds is 7. The lowest BCUT2D eigenvalue weighted by atomic mass is 10.1. The van der Waals surface area contributed by atoms with Crippen LogP contribution in [0.3, 0.4) is 0 Å². The van der Waals surface area contributed by atoms with Gasteiger partial charge in [0.1, 0.15) is 0 Å². The summed E-state index contributed by atoms with van der Waals surface area (Å²) in [5.41, 5.74) is 2.47. The van der Waals surface area contributed by atoms with Gasteiger partial charge in [-0.1, -0.05) is 30.3 Å². The van der Waals surface area contributed by atoms with E-state index in [0.717, 1.165) is 24.0 Å². The van der Waals surface area contributed by atoms with Gasteiger partial charge in [0.2, 0.25) is 10.0 Å². The van der Waals surface area contributed by atoms with Crippen molar-refractivity contribution < 1.29 is 13.2 Å². The van der Waals surface area contributed by atoms with E-state index in [1.165, 1.54) is 12.1 Å². The van der Waals surface area contributed by atoms with Gasteiger partial charge in [-0.15, -0.1) is 0 Å². The summed E-state index contributed by atoms with van der Waals surface area (Å²) in [5, 5.41) is 2.84. The molecule has 0 bridgehead atoms. The zero-order valence-corrected chi connectivity index (χ0v) is 15.0. The van der Waals surface area contributed by atoms with Crippen LogP contribution in [0.15, 0.2) is 53.4 Å². The molecule has 6 heteroatoms. The molecule has 2 aromatic carbocycles. The predicted octanol–water partition coefficient (Wildman–Crippen LogP) is 2.61. The van der Waals surface area contributed by atoms with Crippen molar-refractivity contribution in [3.63, 3.8) is 0 Å². The van der Waals surface area contributed by atoms with Gasteiger partial charge < -0.3 is 5.32 Å². The number of sulfonamides is 1. The second kappa shape index (κ2) is 7.37.